The lowest BCUT2D eigenvalue weighted by atomic mass is 10.2. The average molecular weight is 403 g/mol. The number of benzene rings is 1. The van der Waals surface area contributed by atoms with Crippen LogP contribution in [0, 0.1) is 0 Å². The number of amides is 1. The van der Waals surface area contributed by atoms with Crippen molar-refractivity contribution in [2.24, 2.45) is 0 Å². The molecule has 1 aliphatic carbocycles. The zero-order chi connectivity index (χ0) is 17.9. The first-order chi connectivity index (χ1) is 12.7. The molecule has 1 fully saturated rings. The maximum atomic E-state index is 12.8. The Morgan fingerprint density at radius 2 is 2.12 bits per heavy atom. The largest absolute Gasteiger partial charge is 0.334 e. The number of halogens is 1. The molecule has 3 nitrogen and oxygen atoms in total. The molecule has 26 heavy (non-hydrogen) atoms. The molecule has 0 radical (unpaired) electrons. The monoisotopic (exact) mass is 402 g/mol. The highest BCUT2D eigenvalue weighted by molar-refractivity contribution is 7.10. The molecule has 1 aliphatic rings. The Hall–Kier alpha value is -1.69. The molecule has 2 aromatic heterocycles. The number of thiazole rings is 1. The molecule has 1 saturated carbocycles. The summed E-state index contributed by atoms with van der Waals surface area (Å²) >= 11 is 9.37. The minimum absolute atomic E-state index is 0.181. The Balaban J connectivity index is 1.40. The second-order valence-electron chi connectivity index (χ2n) is 6.55. The first-order valence-electron chi connectivity index (χ1n) is 8.67. The lowest BCUT2D eigenvalue weighted by Crippen LogP contribution is -2.33. The van der Waals surface area contributed by atoms with Crippen LogP contribution in [0.1, 0.15) is 34.0 Å². The van der Waals surface area contributed by atoms with Crippen molar-refractivity contribution in [1.29, 1.82) is 0 Å². The smallest absolute Gasteiger partial charge is 0.229 e. The van der Waals surface area contributed by atoms with Gasteiger partial charge in [-0.05, 0) is 42.0 Å². The molecule has 0 atom stereocenters. The van der Waals surface area contributed by atoms with E-state index in [1.807, 2.05) is 40.6 Å². The van der Waals surface area contributed by atoms with Crippen molar-refractivity contribution < 1.29 is 4.79 Å². The molecule has 3 aromatic rings. The Bertz CT molecular complexity index is 887. The van der Waals surface area contributed by atoms with Gasteiger partial charge >= 0.3 is 0 Å². The highest BCUT2D eigenvalue weighted by Crippen LogP contribution is 2.30. The van der Waals surface area contributed by atoms with Crippen LogP contribution in [0.4, 0.5) is 0 Å². The van der Waals surface area contributed by atoms with E-state index in [0.29, 0.717) is 12.5 Å². The summed E-state index contributed by atoms with van der Waals surface area (Å²) < 4.78 is 0. The van der Waals surface area contributed by atoms with Crippen molar-refractivity contribution >= 4 is 40.2 Å². The zero-order valence-electron chi connectivity index (χ0n) is 14.2. The van der Waals surface area contributed by atoms with Crippen LogP contribution >= 0.6 is 34.3 Å². The van der Waals surface area contributed by atoms with Crippen molar-refractivity contribution in [1.82, 2.24) is 9.88 Å². The Morgan fingerprint density at radius 3 is 2.85 bits per heavy atom. The summed E-state index contributed by atoms with van der Waals surface area (Å²) in [6.07, 6.45) is 3.37. The fourth-order valence-electron chi connectivity index (χ4n) is 2.97. The van der Waals surface area contributed by atoms with Gasteiger partial charge in [-0.3, -0.25) is 4.79 Å². The molecule has 4 rings (SSSR count). The molecule has 0 unspecified atom stereocenters. The third kappa shape index (κ3) is 4.53. The average Bonchev–Trinajstić information content (AvgIpc) is 3.14. The summed E-state index contributed by atoms with van der Waals surface area (Å²) in [4.78, 5) is 20.7. The molecule has 0 saturated heterocycles. The van der Waals surface area contributed by atoms with E-state index in [-0.39, 0.29) is 5.91 Å². The van der Waals surface area contributed by atoms with Crippen LogP contribution in [-0.2, 0) is 24.2 Å². The molecule has 1 aromatic carbocycles. The highest BCUT2D eigenvalue weighted by Gasteiger charge is 2.32. The van der Waals surface area contributed by atoms with Crippen molar-refractivity contribution in [2.75, 3.05) is 0 Å². The van der Waals surface area contributed by atoms with Crippen molar-refractivity contribution in [3.8, 4) is 0 Å². The van der Waals surface area contributed by atoms with Crippen LogP contribution < -0.4 is 0 Å². The van der Waals surface area contributed by atoms with E-state index < -0.39 is 0 Å². The van der Waals surface area contributed by atoms with Crippen molar-refractivity contribution in [2.45, 2.75) is 38.3 Å². The predicted octanol–water partition coefficient (Wildman–Crippen LogP) is 5.18. The zero-order valence-corrected chi connectivity index (χ0v) is 16.6. The third-order valence-electron chi connectivity index (χ3n) is 4.39. The molecular weight excluding hydrogens is 384 g/mol. The fourth-order valence-corrected chi connectivity index (χ4v) is 4.71. The second kappa shape index (κ2) is 7.91. The molecule has 2 heterocycles. The van der Waals surface area contributed by atoms with Crippen molar-refractivity contribution in [3.05, 3.63) is 73.3 Å². The molecular formula is C20H19ClN2OS2. The summed E-state index contributed by atoms with van der Waals surface area (Å²) in [6, 6.07) is 12.4. The molecule has 0 N–H and O–H groups in total. The molecule has 0 aliphatic heterocycles. The van der Waals surface area contributed by atoms with Crippen LogP contribution in [0.3, 0.4) is 0 Å². The number of hydrogen-bond donors (Lipinski definition) is 0. The Labute approximate surface area is 166 Å². The number of thiophene rings is 1. The van der Waals surface area contributed by atoms with Gasteiger partial charge in [-0.15, -0.1) is 22.7 Å². The third-order valence-corrected chi connectivity index (χ3v) is 6.38. The van der Waals surface area contributed by atoms with Crippen LogP contribution in [0.5, 0.6) is 0 Å². The van der Waals surface area contributed by atoms with Gasteiger partial charge in [0.15, 0.2) is 0 Å². The van der Waals surface area contributed by atoms with Crippen molar-refractivity contribution in [3.63, 3.8) is 0 Å². The van der Waals surface area contributed by atoms with E-state index in [2.05, 4.69) is 16.4 Å². The highest BCUT2D eigenvalue weighted by atomic mass is 35.5. The lowest BCUT2D eigenvalue weighted by Gasteiger charge is -2.21. The van der Waals surface area contributed by atoms with E-state index in [1.165, 1.54) is 4.88 Å². The standard InChI is InChI=1S/C20H19ClN2OS2/c21-15-4-1-3-14(9-15)10-19-22-16(13-26-19)11-20(24)23(17-6-7-17)12-18-5-2-8-25-18/h1-5,8-9,13,17H,6-7,10-12H2. The summed E-state index contributed by atoms with van der Waals surface area (Å²) in [5.74, 6) is 0.181. The van der Waals surface area contributed by atoms with Gasteiger partial charge in [0.05, 0.1) is 23.7 Å². The van der Waals surface area contributed by atoms with Crippen LogP contribution in [0.15, 0.2) is 47.2 Å². The number of carbonyl (C=O) groups is 1. The molecule has 0 bridgehead atoms. The SMILES string of the molecule is O=C(Cc1csc(Cc2cccc(Cl)c2)n1)N(Cc1cccs1)C1CC1. The molecule has 6 heteroatoms. The fraction of sp³-hybridized carbons (Fsp3) is 0.300. The summed E-state index contributed by atoms with van der Waals surface area (Å²) in [6.45, 7) is 0.723. The quantitative estimate of drug-likeness (QED) is 0.545. The minimum atomic E-state index is 0.181. The summed E-state index contributed by atoms with van der Waals surface area (Å²) in [5, 5.41) is 5.83. The summed E-state index contributed by atoms with van der Waals surface area (Å²) in [5.41, 5.74) is 2.01. The number of aromatic nitrogens is 1. The van der Waals surface area contributed by atoms with Gasteiger partial charge in [0.1, 0.15) is 0 Å². The van der Waals surface area contributed by atoms with E-state index in [9.17, 15) is 4.79 Å². The summed E-state index contributed by atoms with van der Waals surface area (Å²) in [7, 11) is 0. The van der Waals surface area contributed by atoms with E-state index in [0.717, 1.165) is 47.1 Å². The first kappa shape index (κ1) is 17.7. The van der Waals surface area contributed by atoms with Crippen LogP contribution in [0.2, 0.25) is 5.02 Å². The van der Waals surface area contributed by atoms with E-state index in [1.54, 1.807) is 22.7 Å². The van der Waals surface area contributed by atoms with Crippen LogP contribution in [-0.4, -0.2) is 21.8 Å². The van der Waals surface area contributed by atoms with Gasteiger partial charge in [-0.1, -0.05) is 29.8 Å². The molecule has 1 amide bonds. The van der Waals surface area contributed by atoms with E-state index in [4.69, 9.17) is 11.6 Å². The van der Waals surface area contributed by atoms with Gasteiger partial charge in [-0.25, -0.2) is 4.98 Å². The maximum Gasteiger partial charge on any atom is 0.229 e. The van der Waals surface area contributed by atoms with Gasteiger partial charge in [0.25, 0.3) is 0 Å². The topological polar surface area (TPSA) is 33.2 Å². The first-order valence-corrected chi connectivity index (χ1v) is 10.8. The maximum absolute atomic E-state index is 12.8. The number of carbonyl (C=O) groups excluding carboxylic acids is 1. The normalized spacial score (nSPS) is 13.7. The minimum Gasteiger partial charge on any atom is -0.334 e. The second-order valence-corrected chi connectivity index (χ2v) is 8.96. The van der Waals surface area contributed by atoms with Gasteiger partial charge in [-0.2, -0.15) is 0 Å². The number of hydrogen-bond acceptors (Lipinski definition) is 4. The number of nitrogens with zero attached hydrogens (tertiary/aromatic N) is 2. The predicted molar refractivity (Wildman–Crippen MR) is 108 cm³/mol. The van der Waals surface area contributed by atoms with Crippen LogP contribution in [0.25, 0.3) is 0 Å². The molecule has 0 spiro atoms. The van der Waals surface area contributed by atoms with E-state index >= 15 is 0 Å². The van der Waals surface area contributed by atoms with Gasteiger partial charge in [0.2, 0.25) is 5.91 Å². The van der Waals surface area contributed by atoms with Gasteiger partial charge < -0.3 is 4.90 Å². The molecule has 134 valence electrons. The number of rotatable bonds is 7. The Kier molecular flexibility index (Phi) is 5.38. The van der Waals surface area contributed by atoms with Gasteiger partial charge in [0, 0.05) is 27.7 Å². The lowest BCUT2D eigenvalue weighted by molar-refractivity contribution is -0.131. The Morgan fingerprint density at radius 1 is 1.23 bits per heavy atom.